The summed E-state index contributed by atoms with van der Waals surface area (Å²) in [5, 5.41) is 15.4. The topological polar surface area (TPSA) is 155 Å². The van der Waals surface area contributed by atoms with E-state index in [2.05, 4.69) is 147 Å². The second-order valence-corrected chi connectivity index (χ2v) is 23.9. The number of nitrogens with one attached hydrogen (secondary N) is 5. The average molecular weight is 1140 g/mol. The second kappa shape index (κ2) is 43.6. The Bertz CT molecular complexity index is 1250. The predicted molar refractivity (Wildman–Crippen MR) is 275 cm³/mol. The molecule has 0 fully saturated rings. The molecule has 434 valence electrons. The van der Waals surface area contributed by atoms with Gasteiger partial charge in [0.25, 0.3) is 0 Å². The van der Waals surface area contributed by atoms with E-state index in [1.807, 2.05) is 0 Å². The quantitative estimate of drug-likeness (QED) is 0.0299. The Labute approximate surface area is 471 Å². The highest BCUT2D eigenvalue weighted by Gasteiger charge is 2.19. The van der Waals surface area contributed by atoms with Gasteiger partial charge in [-0.25, -0.2) is 0 Å². The van der Waals surface area contributed by atoms with Gasteiger partial charge in [0.2, 0.25) is 29.5 Å². The Morgan fingerprint density at radius 3 is 0.542 bits per heavy atom. The Morgan fingerprint density at radius 1 is 0.264 bits per heavy atom. The molecule has 0 aromatic carbocycles. The maximum atomic E-state index is 13.2. The van der Waals surface area contributed by atoms with E-state index in [1.54, 1.807) is 0 Å². The van der Waals surface area contributed by atoms with Crippen molar-refractivity contribution in [1.29, 1.82) is 0 Å². The van der Waals surface area contributed by atoms with E-state index in [9.17, 15) is 24.0 Å². The number of hydrogen-bond donors (Lipinski definition) is 5. The van der Waals surface area contributed by atoms with Gasteiger partial charge in [0.05, 0.1) is 138 Å². The summed E-state index contributed by atoms with van der Waals surface area (Å²) >= 11 is 0. The Balaban J connectivity index is -0.00000218. The monoisotopic (exact) mass is 1130 g/mol. The summed E-state index contributed by atoms with van der Waals surface area (Å²) in [5.41, 5.74) is 0. The third kappa shape index (κ3) is 57.8. The van der Waals surface area contributed by atoms with Gasteiger partial charge in [-0.15, -0.1) is 0 Å². The van der Waals surface area contributed by atoms with E-state index in [1.165, 1.54) is 0 Å². The lowest BCUT2D eigenvalue weighted by Crippen LogP contribution is -3.00. The number of carbonyl (C=O) groups is 5. The average Bonchev–Trinajstić information content (AvgIpc) is 3.19. The molecule has 0 radical (unpaired) electrons. The zero-order valence-corrected chi connectivity index (χ0v) is 51.8. The van der Waals surface area contributed by atoms with Crippen LogP contribution in [0, 0.1) is 0 Å². The maximum absolute atomic E-state index is 13.2. The number of rotatable bonds is 41. The number of carbonyl (C=O) groups excluding carboxylic acids is 5. The zero-order chi connectivity index (χ0) is 51.2. The first-order chi connectivity index (χ1) is 30.9. The van der Waals surface area contributed by atoms with Crippen molar-refractivity contribution >= 4 is 29.5 Å². The largest absolute Gasteiger partial charge is 1.00 e. The van der Waals surface area contributed by atoms with Crippen LogP contribution in [0.15, 0.2) is 0 Å². The number of amides is 5. The summed E-state index contributed by atoms with van der Waals surface area (Å²) in [7, 11) is 32.2. The lowest BCUT2D eigenvalue weighted by Gasteiger charge is -2.30. The summed E-state index contributed by atoms with van der Waals surface area (Å²) in [6.45, 7) is 13.0. The fourth-order valence-electron chi connectivity index (χ4n) is 7.22. The molecular formula is C49H108Cl5N13O5. The predicted octanol–water partition coefficient (Wildman–Crippen LogP) is -15.1. The summed E-state index contributed by atoms with van der Waals surface area (Å²) in [5.74, 6) is 0.00878. The molecule has 0 rings (SSSR count). The van der Waals surface area contributed by atoms with Gasteiger partial charge >= 0.3 is 0 Å². The fourth-order valence-corrected chi connectivity index (χ4v) is 7.22. The number of quaternary nitrogens is 5. The smallest absolute Gasteiger partial charge is 0.221 e. The van der Waals surface area contributed by atoms with Crippen LogP contribution in [0.25, 0.3) is 0 Å². The maximum Gasteiger partial charge on any atom is 0.221 e. The Hall–Kier alpha value is -1.52. The normalized spacial score (nSPS) is 11.9. The molecule has 0 bridgehead atoms. The van der Waals surface area contributed by atoms with Gasteiger partial charge in [-0.05, 0) is 0 Å². The van der Waals surface area contributed by atoms with Gasteiger partial charge in [0.1, 0.15) is 0 Å². The molecule has 0 aromatic rings. The molecule has 23 heteroatoms. The molecule has 0 spiro atoms. The van der Waals surface area contributed by atoms with Crippen LogP contribution in [0.5, 0.6) is 0 Å². The van der Waals surface area contributed by atoms with Crippen molar-refractivity contribution in [2.24, 2.45) is 0 Å². The summed E-state index contributed by atoms with van der Waals surface area (Å²) < 4.78 is 4.20. The lowest BCUT2D eigenvalue weighted by atomic mass is 10.2. The first kappa shape index (κ1) is 81.8. The third-order valence-corrected chi connectivity index (χ3v) is 11.4. The minimum Gasteiger partial charge on any atom is -1.00 e. The minimum atomic E-state index is 0. The van der Waals surface area contributed by atoms with E-state index in [-0.39, 0.29) is 91.6 Å². The highest BCUT2D eigenvalue weighted by molar-refractivity contribution is 5.77. The second-order valence-electron chi connectivity index (χ2n) is 23.9. The minimum absolute atomic E-state index is 0. The molecule has 0 atom stereocenters. The number of hydrogen-bond acceptors (Lipinski definition) is 8. The van der Waals surface area contributed by atoms with Gasteiger partial charge in [-0.1, -0.05) is 0 Å². The Kier molecular flexibility index (Phi) is 49.5. The van der Waals surface area contributed by atoms with Gasteiger partial charge in [-0.2, -0.15) is 0 Å². The summed E-state index contributed by atoms with van der Waals surface area (Å²) in [6.07, 6.45) is 6.11. The van der Waals surface area contributed by atoms with Crippen LogP contribution < -0.4 is 88.6 Å². The molecule has 0 aromatic heterocycles. The van der Waals surface area contributed by atoms with Gasteiger partial charge in [-0.3, -0.25) is 24.0 Å². The van der Waals surface area contributed by atoms with Crippen LogP contribution in [0.4, 0.5) is 0 Å². The molecule has 0 saturated heterocycles. The third-order valence-electron chi connectivity index (χ3n) is 11.4. The standard InChI is InChI=1S/C49H103N13O5.5ClH/c1-58(2,3)40-16-26-50-45(63)21-31-55(32-22-46(64)51-27-17-41-59(4,5)6)36-38-57(35-25-49(67)54-30-20-44-62(13,14)15)39-37-56(33-23-47(65)52-28-18-42-60(7,8)9)34-24-48(66)53-29-19-43-61(10,11)12;;;;;/h16-44H2,1-15H3;5*1H. The van der Waals surface area contributed by atoms with Crippen molar-refractivity contribution in [3.05, 3.63) is 0 Å². The van der Waals surface area contributed by atoms with E-state index >= 15 is 0 Å². The zero-order valence-electron chi connectivity index (χ0n) is 48.0. The Morgan fingerprint density at radius 2 is 0.403 bits per heavy atom. The van der Waals surface area contributed by atoms with Gasteiger partial charge in [0.15, 0.2) is 0 Å². The first-order valence-corrected chi connectivity index (χ1v) is 25.4. The van der Waals surface area contributed by atoms with Crippen LogP contribution in [0.1, 0.15) is 64.2 Å². The number of nitrogens with zero attached hydrogens (tertiary/aromatic N) is 8. The van der Waals surface area contributed by atoms with Crippen LogP contribution in [0.2, 0.25) is 0 Å². The van der Waals surface area contributed by atoms with Crippen molar-refractivity contribution in [3.63, 3.8) is 0 Å². The van der Waals surface area contributed by atoms with Crippen LogP contribution in [-0.4, -0.2) is 297 Å². The fraction of sp³-hybridized carbons (Fsp3) is 0.898. The molecule has 0 saturated carbocycles. The molecule has 72 heavy (non-hydrogen) atoms. The molecule has 0 unspecified atom stereocenters. The molecule has 5 amide bonds. The van der Waals surface area contributed by atoms with Gasteiger partial charge in [0, 0.05) is 156 Å². The molecule has 0 aliphatic heterocycles. The highest BCUT2D eigenvalue weighted by atomic mass is 35.5. The molecule has 0 aliphatic carbocycles. The lowest BCUT2D eigenvalue weighted by molar-refractivity contribution is -0.870. The van der Waals surface area contributed by atoms with Crippen LogP contribution >= 0.6 is 0 Å². The van der Waals surface area contributed by atoms with E-state index < -0.39 is 0 Å². The van der Waals surface area contributed by atoms with E-state index in [4.69, 9.17) is 0 Å². The first-order valence-electron chi connectivity index (χ1n) is 25.4. The van der Waals surface area contributed by atoms with Crippen molar-refractivity contribution in [3.8, 4) is 0 Å². The number of halogens is 5. The van der Waals surface area contributed by atoms with E-state index in [0.29, 0.717) is 124 Å². The SMILES string of the molecule is C[N+](C)(C)CCCNC(=O)CCN(CCC(=O)NCCC[N+](C)(C)C)CCN(CCC(=O)NCCC[N+](C)(C)C)CCN(CCC(=O)NCCC[N+](C)(C)C)CCC(=O)NCCC[N+](C)(C)C.[Cl-].[Cl-].[Cl-].[Cl-].[Cl-]. The van der Waals surface area contributed by atoms with Crippen molar-refractivity contribution in [2.75, 3.05) is 230 Å². The molecule has 18 nitrogen and oxygen atoms in total. The van der Waals surface area contributed by atoms with Crippen LogP contribution in [-0.2, 0) is 24.0 Å². The summed E-state index contributed by atoms with van der Waals surface area (Å²) in [4.78, 5) is 71.9. The van der Waals surface area contributed by atoms with Gasteiger partial charge < -0.3 is 126 Å². The molecule has 0 heterocycles. The van der Waals surface area contributed by atoms with Crippen molar-refractivity contribution in [2.45, 2.75) is 64.2 Å². The molecule has 5 N–H and O–H groups in total. The molecular weight excluding hydrogens is 1030 g/mol. The van der Waals surface area contributed by atoms with Crippen molar-refractivity contribution in [1.82, 2.24) is 41.3 Å². The van der Waals surface area contributed by atoms with Crippen molar-refractivity contribution < 1.29 is 108 Å². The highest BCUT2D eigenvalue weighted by Crippen LogP contribution is 2.04. The van der Waals surface area contributed by atoms with E-state index in [0.717, 1.165) is 87.2 Å². The van der Waals surface area contributed by atoms with Crippen LogP contribution in [0.3, 0.4) is 0 Å². The summed E-state index contributed by atoms with van der Waals surface area (Å²) in [6, 6.07) is 0. The molecule has 0 aliphatic rings.